The first kappa shape index (κ1) is 20.1. The van der Waals surface area contributed by atoms with E-state index in [1.165, 1.54) is 22.2 Å². The van der Waals surface area contributed by atoms with Crippen molar-refractivity contribution in [1.29, 1.82) is 0 Å². The molecule has 0 aliphatic carbocycles. The van der Waals surface area contributed by atoms with Gasteiger partial charge in [0.25, 0.3) is 5.91 Å². The molecule has 0 saturated heterocycles. The molecule has 0 radical (unpaired) electrons. The van der Waals surface area contributed by atoms with E-state index in [1.807, 2.05) is 35.6 Å². The summed E-state index contributed by atoms with van der Waals surface area (Å²) in [5.74, 6) is 1.68. The van der Waals surface area contributed by atoms with Gasteiger partial charge in [-0.15, -0.1) is 23.1 Å². The summed E-state index contributed by atoms with van der Waals surface area (Å²) in [6.07, 6.45) is 1.10. The number of rotatable bonds is 7. The van der Waals surface area contributed by atoms with Gasteiger partial charge in [-0.3, -0.25) is 9.69 Å². The summed E-state index contributed by atoms with van der Waals surface area (Å²) in [7, 11) is 0. The molecule has 1 N–H and O–H groups in total. The fourth-order valence-electron chi connectivity index (χ4n) is 3.43. The van der Waals surface area contributed by atoms with Crippen molar-refractivity contribution >= 4 is 29.0 Å². The zero-order valence-electron chi connectivity index (χ0n) is 16.6. The number of aryl methyl sites for hydroxylation is 1. The fraction of sp³-hybridized carbons (Fsp3) is 0.381. The summed E-state index contributed by atoms with van der Waals surface area (Å²) in [5, 5.41) is 9.09. The topological polar surface area (TPSA) is 71.3 Å². The molecule has 3 aromatic rings. The number of nitrogens with one attached hydrogen (secondary N) is 1. The van der Waals surface area contributed by atoms with E-state index < -0.39 is 0 Å². The van der Waals surface area contributed by atoms with Gasteiger partial charge in [0.15, 0.2) is 5.82 Å². The highest BCUT2D eigenvalue weighted by Gasteiger charge is 2.22. The van der Waals surface area contributed by atoms with E-state index >= 15 is 0 Å². The third-order valence-electron chi connectivity index (χ3n) is 5.07. The average Bonchev–Trinajstić information content (AvgIpc) is 3.38. The van der Waals surface area contributed by atoms with Crippen molar-refractivity contribution in [3.05, 3.63) is 63.4 Å². The van der Waals surface area contributed by atoms with Crippen molar-refractivity contribution in [2.75, 3.05) is 13.1 Å². The minimum atomic E-state index is -0.0464. The van der Waals surface area contributed by atoms with Crippen LogP contribution in [-0.4, -0.2) is 40.1 Å². The Kier molecular flexibility index (Phi) is 6.32. The highest BCUT2D eigenvalue weighted by atomic mass is 32.2. The Balaban J connectivity index is 1.33. The Morgan fingerprint density at radius 2 is 2.24 bits per heavy atom. The van der Waals surface area contributed by atoms with E-state index in [-0.39, 0.29) is 11.9 Å². The second-order valence-electron chi connectivity index (χ2n) is 7.17. The number of carbonyl (C=O) groups is 1. The lowest BCUT2D eigenvalue weighted by Crippen LogP contribution is -2.44. The van der Waals surface area contributed by atoms with Gasteiger partial charge >= 0.3 is 0 Å². The highest BCUT2D eigenvalue weighted by Crippen LogP contribution is 2.27. The number of aromatic nitrogens is 2. The second-order valence-corrected chi connectivity index (χ2v) is 9.19. The molecule has 0 saturated carbocycles. The Bertz CT molecular complexity index is 984. The zero-order valence-corrected chi connectivity index (χ0v) is 18.2. The van der Waals surface area contributed by atoms with Crippen LogP contribution >= 0.6 is 23.1 Å². The minimum absolute atomic E-state index is 0.0464. The molecule has 4 rings (SSSR count). The molecule has 29 heavy (non-hydrogen) atoms. The first-order valence-electron chi connectivity index (χ1n) is 9.68. The molecule has 1 aliphatic heterocycles. The third-order valence-corrected chi connectivity index (χ3v) is 7.15. The van der Waals surface area contributed by atoms with Gasteiger partial charge in [-0.25, -0.2) is 0 Å². The predicted octanol–water partition coefficient (Wildman–Crippen LogP) is 3.91. The molecule has 0 bridgehead atoms. The normalized spacial score (nSPS) is 15.1. The van der Waals surface area contributed by atoms with Crippen LogP contribution in [0.25, 0.3) is 0 Å². The monoisotopic (exact) mass is 428 g/mol. The van der Waals surface area contributed by atoms with E-state index in [2.05, 4.69) is 38.7 Å². The van der Waals surface area contributed by atoms with Crippen LogP contribution in [0, 0.1) is 6.92 Å². The van der Waals surface area contributed by atoms with E-state index in [1.54, 1.807) is 6.92 Å². The number of hydrogen-bond acceptors (Lipinski definition) is 7. The van der Waals surface area contributed by atoms with Crippen LogP contribution in [0.5, 0.6) is 0 Å². The van der Waals surface area contributed by atoms with Gasteiger partial charge in [0.2, 0.25) is 5.89 Å². The summed E-state index contributed by atoms with van der Waals surface area (Å²) < 4.78 is 5.16. The summed E-state index contributed by atoms with van der Waals surface area (Å²) in [5.41, 5.74) is 2.11. The smallest absolute Gasteiger partial charge is 0.252 e. The molecule has 0 fully saturated rings. The maximum absolute atomic E-state index is 12.8. The van der Waals surface area contributed by atoms with Crippen LogP contribution in [0.2, 0.25) is 0 Å². The molecule has 1 amide bonds. The summed E-state index contributed by atoms with van der Waals surface area (Å²) >= 11 is 3.38. The fourth-order valence-corrected chi connectivity index (χ4v) is 5.21. The first-order valence-corrected chi connectivity index (χ1v) is 11.5. The molecule has 6 nitrogen and oxygen atoms in total. The number of benzene rings is 1. The summed E-state index contributed by atoms with van der Waals surface area (Å²) in [4.78, 5) is 21.9. The van der Waals surface area contributed by atoms with E-state index in [0.717, 1.165) is 24.4 Å². The van der Waals surface area contributed by atoms with Crippen molar-refractivity contribution in [2.45, 2.75) is 43.5 Å². The van der Waals surface area contributed by atoms with Gasteiger partial charge in [-0.05, 0) is 49.4 Å². The number of hydrogen-bond donors (Lipinski definition) is 1. The lowest BCUT2D eigenvalue weighted by atomic mass is 10.1. The van der Waals surface area contributed by atoms with Crippen molar-refractivity contribution in [3.8, 4) is 0 Å². The molecule has 8 heteroatoms. The molecule has 2 aromatic heterocycles. The van der Waals surface area contributed by atoms with Crippen LogP contribution in [0.1, 0.15) is 39.4 Å². The van der Waals surface area contributed by atoms with Crippen LogP contribution in [-0.2, 0) is 18.7 Å². The quantitative estimate of drug-likeness (QED) is 0.576. The van der Waals surface area contributed by atoms with Gasteiger partial charge in [-0.2, -0.15) is 4.98 Å². The number of carbonyl (C=O) groups excluding carboxylic acids is 1. The molecular weight excluding hydrogens is 404 g/mol. The Morgan fingerprint density at radius 3 is 3.07 bits per heavy atom. The minimum Gasteiger partial charge on any atom is -0.350 e. The van der Waals surface area contributed by atoms with E-state index in [0.29, 0.717) is 29.6 Å². The molecule has 1 unspecified atom stereocenters. The molecule has 152 valence electrons. The lowest BCUT2D eigenvalue weighted by molar-refractivity contribution is 0.0930. The number of amides is 1. The van der Waals surface area contributed by atoms with Crippen molar-refractivity contribution in [1.82, 2.24) is 20.4 Å². The van der Waals surface area contributed by atoms with E-state index in [9.17, 15) is 4.79 Å². The number of thioether (sulfide) groups is 1. The SMILES string of the molecule is Cc1noc(CSc2ccccc2C(=O)NCC(C)N2CCc3sccc3C2)n1. The van der Waals surface area contributed by atoms with Crippen LogP contribution in [0.4, 0.5) is 0 Å². The van der Waals surface area contributed by atoms with Crippen molar-refractivity contribution in [3.63, 3.8) is 0 Å². The Hall–Kier alpha value is -2.16. The Labute approximate surface area is 178 Å². The van der Waals surface area contributed by atoms with Crippen LogP contribution in [0.3, 0.4) is 0 Å². The van der Waals surface area contributed by atoms with Crippen LogP contribution < -0.4 is 5.32 Å². The third kappa shape index (κ3) is 4.88. The lowest BCUT2D eigenvalue weighted by Gasteiger charge is -2.32. The van der Waals surface area contributed by atoms with Crippen molar-refractivity contribution in [2.24, 2.45) is 0 Å². The van der Waals surface area contributed by atoms with Gasteiger partial charge < -0.3 is 9.84 Å². The maximum Gasteiger partial charge on any atom is 0.252 e. The zero-order chi connectivity index (χ0) is 20.2. The Morgan fingerprint density at radius 1 is 1.38 bits per heavy atom. The number of nitrogens with zero attached hydrogens (tertiary/aromatic N) is 3. The molecule has 1 aliphatic rings. The number of thiophene rings is 1. The van der Waals surface area contributed by atoms with Gasteiger partial charge in [0.1, 0.15) is 0 Å². The van der Waals surface area contributed by atoms with Gasteiger partial charge in [0.05, 0.1) is 11.3 Å². The van der Waals surface area contributed by atoms with E-state index in [4.69, 9.17) is 4.52 Å². The predicted molar refractivity (Wildman–Crippen MR) is 115 cm³/mol. The molecule has 1 atom stereocenters. The standard InChI is InChI=1S/C21H24N4O2S2/c1-14(25-9-7-18-16(12-25)8-10-28-18)11-22-21(26)17-5-3-4-6-19(17)29-13-20-23-15(2)24-27-20/h3-6,8,10,14H,7,9,11-13H2,1-2H3,(H,22,26). The molecular formula is C21H24N4O2S2. The van der Waals surface area contributed by atoms with Gasteiger partial charge in [0, 0.05) is 35.4 Å². The summed E-state index contributed by atoms with van der Waals surface area (Å²) in [6.45, 7) is 6.60. The number of fused-ring (bicyclic) bond motifs is 1. The summed E-state index contributed by atoms with van der Waals surface area (Å²) in [6, 6.07) is 10.1. The second kappa shape index (κ2) is 9.11. The van der Waals surface area contributed by atoms with Crippen LogP contribution in [0.15, 0.2) is 45.1 Å². The highest BCUT2D eigenvalue weighted by molar-refractivity contribution is 7.98. The molecule has 0 spiro atoms. The molecule has 1 aromatic carbocycles. The van der Waals surface area contributed by atoms with Crippen molar-refractivity contribution < 1.29 is 9.32 Å². The maximum atomic E-state index is 12.8. The average molecular weight is 429 g/mol. The first-order chi connectivity index (χ1) is 14.1. The van der Waals surface area contributed by atoms with Gasteiger partial charge in [-0.1, -0.05) is 17.3 Å². The largest absolute Gasteiger partial charge is 0.350 e. The molecule has 3 heterocycles.